The maximum Gasteiger partial charge on any atom is 0.270 e. The van der Waals surface area contributed by atoms with E-state index in [1.807, 2.05) is 0 Å². The zero-order valence-electron chi connectivity index (χ0n) is 21.2. The minimum Gasteiger partial charge on any atom is -0.258 e. The summed E-state index contributed by atoms with van der Waals surface area (Å²) in [7, 11) is -4.27. The van der Waals surface area contributed by atoms with E-state index < -0.39 is 41.8 Å². The minimum absolute atomic E-state index is 0.183. The minimum atomic E-state index is -4.27. The van der Waals surface area contributed by atoms with Crippen molar-refractivity contribution >= 4 is 33.4 Å². The number of benzene rings is 4. The van der Waals surface area contributed by atoms with Crippen LogP contribution in [0.2, 0.25) is 0 Å². The van der Waals surface area contributed by atoms with Gasteiger partial charge in [0.2, 0.25) is 0 Å². The van der Waals surface area contributed by atoms with Crippen molar-refractivity contribution in [2.24, 2.45) is 0 Å². The lowest BCUT2D eigenvalue weighted by atomic mass is 10.1. The molecule has 0 saturated carbocycles. The quantitative estimate of drug-likeness (QED) is 0.143. The lowest BCUT2D eigenvalue weighted by molar-refractivity contribution is -0.385. The van der Waals surface area contributed by atoms with Gasteiger partial charge in [-0.1, -0.05) is 72.8 Å². The van der Waals surface area contributed by atoms with Crippen molar-refractivity contribution in [1.29, 1.82) is 0 Å². The first-order valence-electron chi connectivity index (χ1n) is 12.1. The van der Waals surface area contributed by atoms with E-state index in [9.17, 15) is 37.4 Å². The second-order valence-electron chi connectivity index (χ2n) is 8.96. The summed E-state index contributed by atoms with van der Waals surface area (Å²) < 4.78 is 56.1. The number of hydrogen-bond donors (Lipinski definition) is 0. The highest BCUT2D eigenvalue weighted by atomic mass is 32.2. The normalized spacial score (nSPS) is 13.3. The molecule has 0 amide bonds. The second-order valence-corrected chi connectivity index (χ2v) is 11.1. The van der Waals surface area contributed by atoms with Gasteiger partial charge in [0.25, 0.3) is 11.4 Å². The topological polar surface area (TPSA) is 120 Å². The Morgan fingerprint density at radius 1 is 0.610 bits per heavy atom. The molecule has 0 spiro atoms. The number of halogens is 2. The zero-order chi connectivity index (χ0) is 29.6. The Balaban J connectivity index is 1.83. The van der Waals surface area contributed by atoms with E-state index in [0.717, 1.165) is 24.3 Å². The summed E-state index contributed by atoms with van der Waals surface area (Å²) in [5, 5.41) is 19.7. The summed E-state index contributed by atoms with van der Waals surface area (Å²) in [6.45, 7) is 0. The van der Waals surface area contributed by atoms with Gasteiger partial charge in [-0.05, 0) is 46.5 Å². The number of hydrogen-bond acceptors (Lipinski definition) is 6. The van der Waals surface area contributed by atoms with Crippen LogP contribution < -0.4 is 0 Å². The highest BCUT2D eigenvalue weighted by molar-refractivity contribution is 7.92. The van der Waals surface area contributed by atoms with E-state index in [0.29, 0.717) is 11.1 Å². The van der Waals surface area contributed by atoms with E-state index in [1.54, 1.807) is 12.1 Å². The first kappa shape index (κ1) is 29.0. The molecule has 0 radical (unpaired) electrons. The van der Waals surface area contributed by atoms with Crippen molar-refractivity contribution in [2.45, 2.75) is 10.5 Å². The fraction of sp³-hybridized carbons (Fsp3) is 0.0667. The molecule has 0 aromatic heterocycles. The molecule has 4 aromatic rings. The van der Waals surface area contributed by atoms with Crippen molar-refractivity contribution in [2.75, 3.05) is 0 Å². The Morgan fingerprint density at radius 3 is 1.32 bits per heavy atom. The van der Waals surface area contributed by atoms with Crippen molar-refractivity contribution in [1.82, 2.24) is 0 Å². The third-order valence-electron chi connectivity index (χ3n) is 6.19. The fourth-order valence-corrected chi connectivity index (χ4v) is 6.15. The Kier molecular flexibility index (Phi) is 8.78. The van der Waals surface area contributed by atoms with Gasteiger partial charge in [0.05, 0.1) is 9.85 Å². The molecule has 2 unspecified atom stereocenters. The molecule has 0 saturated heterocycles. The van der Waals surface area contributed by atoms with Crippen LogP contribution in [0.15, 0.2) is 109 Å². The van der Waals surface area contributed by atoms with Crippen LogP contribution in [0.3, 0.4) is 0 Å². The van der Waals surface area contributed by atoms with Gasteiger partial charge in [-0.3, -0.25) is 20.2 Å². The summed E-state index contributed by atoms with van der Waals surface area (Å²) in [6, 6.07) is 21.0. The molecule has 0 aliphatic rings. The number of sulfone groups is 1. The van der Waals surface area contributed by atoms with Gasteiger partial charge in [-0.2, -0.15) is 0 Å². The molecule has 41 heavy (non-hydrogen) atoms. The Morgan fingerprint density at radius 2 is 0.976 bits per heavy atom. The van der Waals surface area contributed by atoms with Crippen LogP contribution in [0.1, 0.15) is 32.8 Å². The number of nitro groups is 2. The van der Waals surface area contributed by atoms with E-state index in [-0.39, 0.29) is 22.5 Å². The molecule has 208 valence electrons. The molecule has 2 atom stereocenters. The summed E-state index contributed by atoms with van der Waals surface area (Å²) in [4.78, 5) is 21.3. The molecule has 0 aliphatic heterocycles. The van der Waals surface area contributed by atoms with Gasteiger partial charge in [0, 0.05) is 24.3 Å². The predicted octanol–water partition coefficient (Wildman–Crippen LogP) is 7.41. The lowest BCUT2D eigenvalue weighted by Crippen LogP contribution is -2.19. The van der Waals surface area contributed by atoms with Crippen LogP contribution in [-0.2, 0) is 9.84 Å². The SMILES string of the molecule is O=[N+]([O-])c1cccc(C=CC(c2ccc(F)cc2)S(=O)(=O)C(C=Cc2cccc([N+](=O)[O-])c2)c2ccc(F)cc2)c1. The molecule has 0 N–H and O–H groups in total. The maximum atomic E-state index is 14.3. The van der Waals surface area contributed by atoms with Gasteiger partial charge in [-0.15, -0.1) is 0 Å². The maximum absolute atomic E-state index is 14.3. The van der Waals surface area contributed by atoms with E-state index >= 15 is 0 Å². The third-order valence-corrected chi connectivity index (χ3v) is 8.47. The molecule has 4 aromatic carbocycles. The average Bonchev–Trinajstić information content (AvgIpc) is 2.95. The molecular weight excluding hydrogens is 554 g/mol. The van der Waals surface area contributed by atoms with Gasteiger partial charge < -0.3 is 0 Å². The molecule has 8 nitrogen and oxygen atoms in total. The molecule has 0 fully saturated rings. The highest BCUT2D eigenvalue weighted by Gasteiger charge is 2.33. The number of rotatable bonds is 10. The van der Waals surface area contributed by atoms with Gasteiger partial charge in [-0.25, -0.2) is 17.2 Å². The fourth-order valence-electron chi connectivity index (χ4n) is 4.16. The Hall–Kier alpha value is -5.03. The highest BCUT2D eigenvalue weighted by Crippen LogP contribution is 2.37. The van der Waals surface area contributed by atoms with Crippen LogP contribution in [-0.4, -0.2) is 18.3 Å². The van der Waals surface area contributed by atoms with Crippen LogP contribution in [0.5, 0.6) is 0 Å². The van der Waals surface area contributed by atoms with Crippen LogP contribution in [0, 0.1) is 31.9 Å². The van der Waals surface area contributed by atoms with Crippen LogP contribution in [0.25, 0.3) is 12.2 Å². The summed E-state index contributed by atoms with van der Waals surface area (Å²) in [5.41, 5.74) is 0.821. The van der Waals surface area contributed by atoms with Crippen LogP contribution in [0.4, 0.5) is 20.2 Å². The number of nitro benzene ring substituents is 2. The van der Waals surface area contributed by atoms with Crippen molar-refractivity contribution < 1.29 is 27.0 Å². The standard InChI is InChI=1S/C30H22F2N2O6S/c31-25-13-9-23(10-14-25)29(17-7-21-3-1-5-27(19-21)33(35)36)41(39,40)30(24-11-15-26(32)16-12-24)18-8-22-4-2-6-28(20-22)34(37)38/h1-20,29-30H. The molecule has 0 bridgehead atoms. The molecule has 4 rings (SSSR count). The zero-order valence-corrected chi connectivity index (χ0v) is 22.0. The second kappa shape index (κ2) is 12.4. The Labute approximate surface area is 234 Å². The summed E-state index contributed by atoms with van der Waals surface area (Å²) >= 11 is 0. The predicted molar refractivity (Wildman–Crippen MR) is 151 cm³/mol. The number of non-ortho nitro benzene ring substituents is 2. The first-order valence-corrected chi connectivity index (χ1v) is 13.7. The van der Waals surface area contributed by atoms with Crippen molar-refractivity contribution in [3.63, 3.8) is 0 Å². The third kappa shape index (κ3) is 7.14. The summed E-state index contributed by atoms with van der Waals surface area (Å²) in [6.07, 6.45) is 5.54. The van der Waals surface area contributed by atoms with E-state index in [1.165, 1.54) is 85.0 Å². The van der Waals surface area contributed by atoms with Gasteiger partial charge in [0.15, 0.2) is 9.84 Å². The molecule has 11 heteroatoms. The van der Waals surface area contributed by atoms with Gasteiger partial charge >= 0.3 is 0 Å². The largest absolute Gasteiger partial charge is 0.270 e. The van der Waals surface area contributed by atoms with Crippen LogP contribution >= 0.6 is 0 Å². The molecule has 0 aliphatic carbocycles. The Bertz CT molecular complexity index is 1610. The smallest absolute Gasteiger partial charge is 0.258 e. The average molecular weight is 577 g/mol. The van der Waals surface area contributed by atoms with E-state index in [2.05, 4.69) is 0 Å². The monoisotopic (exact) mass is 576 g/mol. The van der Waals surface area contributed by atoms with Gasteiger partial charge in [0.1, 0.15) is 22.1 Å². The molecular formula is C30H22F2N2O6S. The van der Waals surface area contributed by atoms with Crippen molar-refractivity contribution in [3.8, 4) is 0 Å². The number of nitrogens with zero attached hydrogens (tertiary/aromatic N) is 2. The van der Waals surface area contributed by atoms with E-state index in [4.69, 9.17) is 0 Å². The van der Waals surface area contributed by atoms with Crippen molar-refractivity contribution in [3.05, 3.63) is 163 Å². The molecule has 0 heterocycles. The first-order chi connectivity index (χ1) is 19.5. The lowest BCUT2D eigenvalue weighted by Gasteiger charge is -2.22. The summed E-state index contributed by atoms with van der Waals surface area (Å²) in [5.74, 6) is -1.15.